The first kappa shape index (κ1) is 22.9. The molecule has 0 fully saturated rings. The zero-order chi connectivity index (χ0) is 3.54. The number of rotatable bonds is 0. The minimum absolute atomic E-state index is 0. The van der Waals surface area contributed by atoms with Gasteiger partial charge in [-0.25, -0.2) is 12.2 Å². The van der Waals surface area contributed by atoms with E-state index < -0.39 is 0 Å². The first-order valence-electron chi connectivity index (χ1n) is 1.72. The molecule has 0 amide bonds. The summed E-state index contributed by atoms with van der Waals surface area (Å²) >= 11 is 0. The third kappa shape index (κ3) is 11.6. The summed E-state index contributed by atoms with van der Waals surface area (Å²) < 4.78 is 0. The van der Waals surface area contributed by atoms with Crippen molar-refractivity contribution in [2.45, 2.75) is 6.42 Å². The van der Waals surface area contributed by atoms with E-state index in [4.69, 9.17) is 0 Å². The van der Waals surface area contributed by atoms with Gasteiger partial charge in [-0.2, -0.15) is 6.08 Å². The zero-order valence-corrected chi connectivity index (χ0v) is 7.12. The third-order valence-electron chi connectivity index (χ3n) is 0.586. The Labute approximate surface area is 71.2 Å². The molecule has 0 radical (unpaired) electrons. The second-order valence-electron chi connectivity index (χ2n) is 1.00. The van der Waals surface area contributed by atoms with Crippen molar-refractivity contribution in [1.29, 1.82) is 0 Å². The molecule has 0 unspecified atom stereocenters. The van der Waals surface area contributed by atoms with Crippen LogP contribution in [0.1, 0.15) is 6.42 Å². The van der Waals surface area contributed by atoms with Gasteiger partial charge in [-0.1, -0.05) is 0 Å². The van der Waals surface area contributed by atoms with Crippen molar-refractivity contribution in [3.05, 3.63) is 24.3 Å². The summed E-state index contributed by atoms with van der Waals surface area (Å²) in [5, 5.41) is 0. The first-order valence-corrected chi connectivity index (χ1v) is 1.72. The number of halogens is 3. The summed E-state index contributed by atoms with van der Waals surface area (Å²) in [6.07, 6.45) is 10.0. The summed E-state index contributed by atoms with van der Waals surface area (Å²) in [6, 6.07) is 0. The molecular formula is C5H8F3Zr-. The second-order valence-corrected chi connectivity index (χ2v) is 1.00. The standard InChI is InChI=1S/C5H5.3FH.Zr/c1-2-4-5-3-1;;;;/h1-3H,4H2;3*1H;/q-1;;;;. The van der Waals surface area contributed by atoms with Gasteiger partial charge in [0.25, 0.3) is 0 Å². The molecular weight excluding hydrogens is 208 g/mol. The SMILES string of the molecule is F.F.F.[C-]1=CC=CC1.[Zr]. The first-order chi connectivity index (χ1) is 2.50. The summed E-state index contributed by atoms with van der Waals surface area (Å²) in [5.41, 5.74) is 0. The molecule has 1 aliphatic rings. The van der Waals surface area contributed by atoms with Crippen molar-refractivity contribution in [1.82, 2.24) is 0 Å². The maximum Gasteiger partial charge on any atom is 0 e. The molecule has 0 saturated carbocycles. The van der Waals surface area contributed by atoms with Gasteiger partial charge in [0.15, 0.2) is 0 Å². The molecule has 0 heterocycles. The van der Waals surface area contributed by atoms with E-state index in [1.54, 1.807) is 0 Å². The Bertz CT molecular complexity index is 70.3. The predicted molar refractivity (Wildman–Crippen MR) is 29.1 cm³/mol. The van der Waals surface area contributed by atoms with Crippen molar-refractivity contribution < 1.29 is 40.3 Å². The quantitative estimate of drug-likeness (QED) is 0.541. The zero-order valence-electron chi connectivity index (χ0n) is 4.66. The van der Waals surface area contributed by atoms with Gasteiger partial charge in [0.1, 0.15) is 0 Å². The molecule has 4 heteroatoms. The van der Waals surface area contributed by atoms with Gasteiger partial charge in [-0.3, -0.25) is 20.2 Å². The van der Waals surface area contributed by atoms with Gasteiger partial charge in [-0.05, 0) is 0 Å². The fraction of sp³-hybridized carbons (Fsp3) is 0.200. The van der Waals surface area contributed by atoms with E-state index in [2.05, 4.69) is 12.2 Å². The van der Waals surface area contributed by atoms with Crippen LogP contribution in [-0.4, -0.2) is 0 Å². The smallest absolute Gasteiger partial charge is 0 e. The summed E-state index contributed by atoms with van der Waals surface area (Å²) in [5.74, 6) is 0. The molecule has 1 rings (SSSR count). The van der Waals surface area contributed by atoms with Crippen molar-refractivity contribution in [3.8, 4) is 0 Å². The van der Waals surface area contributed by atoms with Crippen LogP contribution in [0, 0.1) is 6.08 Å². The van der Waals surface area contributed by atoms with Crippen LogP contribution in [0.15, 0.2) is 18.2 Å². The van der Waals surface area contributed by atoms with Crippen LogP contribution in [0.3, 0.4) is 0 Å². The molecule has 0 aromatic rings. The van der Waals surface area contributed by atoms with Crippen molar-refractivity contribution in [2.24, 2.45) is 0 Å². The van der Waals surface area contributed by atoms with Gasteiger partial charge >= 0.3 is 0 Å². The van der Waals surface area contributed by atoms with E-state index in [9.17, 15) is 0 Å². The molecule has 0 atom stereocenters. The summed E-state index contributed by atoms with van der Waals surface area (Å²) in [6.45, 7) is 0. The Kier molecular flexibility index (Phi) is 40.0. The van der Waals surface area contributed by atoms with Crippen molar-refractivity contribution in [2.75, 3.05) is 0 Å². The fourth-order valence-electron chi connectivity index (χ4n) is 0.340. The van der Waals surface area contributed by atoms with Gasteiger partial charge in [-0.15, -0.1) is 6.42 Å². The van der Waals surface area contributed by atoms with E-state index in [0.29, 0.717) is 0 Å². The largest absolute Gasteiger partial charge is 0.273 e. The molecule has 1 aliphatic carbocycles. The van der Waals surface area contributed by atoms with Gasteiger partial charge in [0.05, 0.1) is 0 Å². The maximum absolute atomic E-state index is 2.99. The molecule has 0 nitrogen and oxygen atoms in total. The molecule has 0 aromatic carbocycles. The van der Waals surface area contributed by atoms with Gasteiger partial charge in [0.2, 0.25) is 0 Å². The molecule has 9 heavy (non-hydrogen) atoms. The van der Waals surface area contributed by atoms with E-state index in [-0.39, 0.29) is 40.3 Å². The van der Waals surface area contributed by atoms with Crippen LogP contribution in [-0.2, 0) is 26.2 Å². The van der Waals surface area contributed by atoms with Crippen LogP contribution in [0.2, 0.25) is 0 Å². The Morgan fingerprint density at radius 1 is 1.11 bits per heavy atom. The van der Waals surface area contributed by atoms with E-state index in [0.717, 1.165) is 6.42 Å². The second kappa shape index (κ2) is 15.7. The van der Waals surface area contributed by atoms with Crippen molar-refractivity contribution in [3.63, 3.8) is 0 Å². The third-order valence-corrected chi connectivity index (χ3v) is 0.586. The average Bonchev–Trinajstić information content (AvgIpc) is 1.76. The Morgan fingerprint density at radius 3 is 1.78 bits per heavy atom. The average molecular weight is 216 g/mol. The van der Waals surface area contributed by atoms with Crippen LogP contribution in [0.25, 0.3) is 0 Å². The molecule has 0 N–H and O–H groups in total. The van der Waals surface area contributed by atoms with E-state index in [1.807, 2.05) is 12.2 Å². The van der Waals surface area contributed by atoms with E-state index >= 15 is 0 Å². The van der Waals surface area contributed by atoms with Crippen LogP contribution < -0.4 is 0 Å². The number of hydrogen-bond donors (Lipinski definition) is 0. The van der Waals surface area contributed by atoms with Gasteiger partial charge in [0, 0.05) is 26.2 Å². The van der Waals surface area contributed by atoms with E-state index in [1.165, 1.54) is 0 Å². The summed E-state index contributed by atoms with van der Waals surface area (Å²) in [7, 11) is 0. The summed E-state index contributed by atoms with van der Waals surface area (Å²) in [4.78, 5) is 0. The Hall–Kier alpha value is 0.153. The topological polar surface area (TPSA) is 0 Å². The molecule has 54 valence electrons. The van der Waals surface area contributed by atoms with Crippen molar-refractivity contribution >= 4 is 0 Å². The van der Waals surface area contributed by atoms with Crippen LogP contribution >= 0.6 is 0 Å². The monoisotopic (exact) mass is 215 g/mol. The Balaban J connectivity index is -0.0000000312. The van der Waals surface area contributed by atoms with Gasteiger partial charge < -0.3 is 0 Å². The maximum atomic E-state index is 2.99. The minimum atomic E-state index is 0. The molecule has 0 saturated heterocycles. The molecule has 0 spiro atoms. The predicted octanol–water partition coefficient (Wildman–Crippen LogP) is 1.76. The van der Waals surface area contributed by atoms with Crippen LogP contribution in [0.5, 0.6) is 0 Å². The fourth-order valence-corrected chi connectivity index (χ4v) is 0.340. The number of allylic oxidation sites excluding steroid dienone is 4. The molecule has 0 aromatic heterocycles. The number of hydrogen-bond acceptors (Lipinski definition) is 0. The minimum Gasteiger partial charge on any atom is -0.273 e. The Morgan fingerprint density at radius 2 is 1.67 bits per heavy atom. The van der Waals surface area contributed by atoms with Crippen LogP contribution in [0.4, 0.5) is 14.1 Å². The molecule has 0 bridgehead atoms. The molecule has 0 aliphatic heterocycles. The normalized spacial score (nSPS) is 9.78.